The van der Waals surface area contributed by atoms with Crippen LogP contribution in [-0.2, 0) is 0 Å². The maximum Gasteiger partial charge on any atom is 0.255 e. The van der Waals surface area contributed by atoms with Crippen LogP contribution in [0.2, 0.25) is 0 Å². The highest BCUT2D eigenvalue weighted by Crippen LogP contribution is 2.21. The maximum absolute atomic E-state index is 12.7. The van der Waals surface area contributed by atoms with E-state index >= 15 is 0 Å². The molecule has 0 atom stereocenters. The van der Waals surface area contributed by atoms with Crippen LogP contribution in [0.4, 0.5) is 28.8 Å². The van der Waals surface area contributed by atoms with Gasteiger partial charge in [0.1, 0.15) is 30.1 Å². The lowest BCUT2D eigenvalue weighted by molar-refractivity contribution is 0.102. The molecule has 0 saturated carbocycles. The molecule has 3 N–H and O–H groups in total. The quantitative estimate of drug-likeness (QED) is 0.328. The van der Waals surface area contributed by atoms with Crippen LogP contribution in [0.3, 0.4) is 0 Å². The van der Waals surface area contributed by atoms with Crippen molar-refractivity contribution in [1.29, 1.82) is 0 Å². The summed E-state index contributed by atoms with van der Waals surface area (Å²) in [7, 11) is 0. The highest BCUT2D eigenvalue weighted by atomic mass is 16.1. The van der Waals surface area contributed by atoms with Gasteiger partial charge in [-0.3, -0.25) is 4.79 Å². The molecule has 3 aromatic heterocycles. The molecule has 3 heterocycles. The molecule has 0 spiro atoms. The molecule has 0 bridgehead atoms. The third kappa shape index (κ3) is 5.42. The molecule has 0 fully saturated rings. The number of anilines is 5. The van der Waals surface area contributed by atoms with E-state index in [1.54, 1.807) is 30.5 Å². The number of tetrazole rings is 1. The monoisotopic (exact) mass is 464 g/mol. The van der Waals surface area contributed by atoms with Gasteiger partial charge in [0.15, 0.2) is 0 Å². The number of nitrogens with zero attached hydrogens (tertiary/aromatic N) is 7. The van der Waals surface area contributed by atoms with Crippen molar-refractivity contribution in [3.05, 3.63) is 96.7 Å². The first-order valence-corrected chi connectivity index (χ1v) is 10.7. The normalized spacial score (nSPS) is 10.5. The zero-order chi connectivity index (χ0) is 24.0. The minimum atomic E-state index is -0.239. The number of amides is 1. The van der Waals surface area contributed by atoms with Gasteiger partial charge in [0, 0.05) is 29.2 Å². The molecule has 11 heteroatoms. The fourth-order valence-corrected chi connectivity index (χ4v) is 3.29. The highest BCUT2D eigenvalue weighted by molar-refractivity contribution is 6.04. The number of hydrogen-bond donors (Lipinski definition) is 3. The van der Waals surface area contributed by atoms with Crippen molar-refractivity contribution < 1.29 is 4.79 Å². The van der Waals surface area contributed by atoms with Crippen molar-refractivity contribution in [2.24, 2.45) is 0 Å². The molecular formula is C24H20N10O. The average Bonchev–Trinajstić information content (AvgIpc) is 3.41. The van der Waals surface area contributed by atoms with E-state index in [9.17, 15) is 4.79 Å². The number of pyridine rings is 1. The Morgan fingerprint density at radius 1 is 0.829 bits per heavy atom. The summed E-state index contributed by atoms with van der Waals surface area (Å²) in [5, 5.41) is 20.4. The summed E-state index contributed by atoms with van der Waals surface area (Å²) in [6.07, 6.45) is 4.68. The number of hydrogen-bond acceptors (Lipinski definition) is 9. The molecule has 11 nitrogen and oxygen atoms in total. The Morgan fingerprint density at radius 2 is 1.60 bits per heavy atom. The van der Waals surface area contributed by atoms with Gasteiger partial charge in [0.2, 0.25) is 0 Å². The Hall–Kier alpha value is -5.19. The molecule has 0 unspecified atom stereocenters. The van der Waals surface area contributed by atoms with Crippen LogP contribution in [0.1, 0.15) is 15.9 Å². The molecule has 5 rings (SSSR count). The zero-order valence-electron chi connectivity index (χ0n) is 18.6. The predicted octanol–water partition coefficient (Wildman–Crippen LogP) is 3.90. The first-order valence-electron chi connectivity index (χ1n) is 10.7. The van der Waals surface area contributed by atoms with E-state index in [1.165, 1.54) is 17.3 Å². The molecular weight excluding hydrogens is 444 g/mol. The van der Waals surface area contributed by atoms with Crippen LogP contribution in [0.15, 0.2) is 85.6 Å². The molecule has 35 heavy (non-hydrogen) atoms. The molecule has 172 valence electrons. The molecule has 1 amide bonds. The van der Waals surface area contributed by atoms with E-state index in [1.807, 2.05) is 49.4 Å². The second kappa shape index (κ2) is 9.75. The van der Waals surface area contributed by atoms with Crippen LogP contribution >= 0.6 is 0 Å². The second-order valence-corrected chi connectivity index (χ2v) is 7.59. The Morgan fingerprint density at radius 3 is 2.37 bits per heavy atom. The van der Waals surface area contributed by atoms with Gasteiger partial charge in [-0.25, -0.2) is 19.6 Å². The van der Waals surface area contributed by atoms with Crippen molar-refractivity contribution in [2.45, 2.75) is 6.92 Å². The Bertz CT molecular complexity index is 1450. The van der Waals surface area contributed by atoms with Crippen molar-refractivity contribution >= 4 is 34.7 Å². The van der Waals surface area contributed by atoms with E-state index in [2.05, 4.69) is 46.4 Å². The number of carbonyl (C=O) groups is 1. The van der Waals surface area contributed by atoms with E-state index in [-0.39, 0.29) is 5.91 Å². The van der Waals surface area contributed by atoms with Gasteiger partial charge in [-0.2, -0.15) is 0 Å². The number of aryl methyl sites for hydroxylation is 1. The molecule has 0 aliphatic rings. The standard InChI is InChI=1S/C24H20N10O/c1-16-9-10-25-21(11-16)31-23-13-22(26-14-27-23)29-18-5-7-19(8-6-18)30-24(35)17-3-2-4-20(12-17)34-15-28-32-33-34/h2-15H,1H3,(H,30,35)(H2,25,26,27,29,31). The first kappa shape index (κ1) is 21.6. The molecule has 0 aliphatic carbocycles. The van der Waals surface area contributed by atoms with Gasteiger partial charge in [0.25, 0.3) is 5.91 Å². The average molecular weight is 464 g/mol. The summed E-state index contributed by atoms with van der Waals surface area (Å²) in [6.45, 7) is 2.00. The first-order chi connectivity index (χ1) is 17.1. The van der Waals surface area contributed by atoms with Gasteiger partial charge in [0.05, 0.1) is 5.69 Å². The fraction of sp³-hybridized carbons (Fsp3) is 0.0417. The predicted molar refractivity (Wildman–Crippen MR) is 131 cm³/mol. The van der Waals surface area contributed by atoms with E-state index in [0.29, 0.717) is 34.4 Å². The van der Waals surface area contributed by atoms with Gasteiger partial charge >= 0.3 is 0 Å². The van der Waals surface area contributed by atoms with Crippen molar-refractivity contribution in [1.82, 2.24) is 35.2 Å². The minimum absolute atomic E-state index is 0.239. The zero-order valence-corrected chi connectivity index (χ0v) is 18.6. The third-order valence-corrected chi connectivity index (χ3v) is 4.98. The van der Waals surface area contributed by atoms with Crippen LogP contribution in [0.25, 0.3) is 5.69 Å². The van der Waals surface area contributed by atoms with E-state index < -0.39 is 0 Å². The Labute approximate surface area is 200 Å². The van der Waals surface area contributed by atoms with E-state index in [4.69, 9.17) is 0 Å². The number of benzene rings is 2. The number of aromatic nitrogens is 7. The number of rotatable bonds is 7. The highest BCUT2D eigenvalue weighted by Gasteiger charge is 2.09. The molecule has 2 aromatic carbocycles. The smallest absolute Gasteiger partial charge is 0.255 e. The lowest BCUT2D eigenvalue weighted by atomic mass is 10.2. The van der Waals surface area contributed by atoms with E-state index in [0.717, 1.165) is 11.3 Å². The van der Waals surface area contributed by atoms with Gasteiger partial charge in [-0.15, -0.1) is 5.10 Å². The number of nitrogens with one attached hydrogen (secondary N) is 3. The van der Waals surface area contributed by atoms with Crippen LogP contribution in [0, 0.1) is 6.92 Å². The van der Waals surface area contributed by atoms with Crippen LogP contribution in [-0.4, -0.2) is 41.1 Å². The van der Waals surface area contributed by atoms with Gasteiger partial charge < -0.3 is 16.0 Å². The molecule has 0 radical (unpaired) electrons. The topological polar surface area (TPSA) is 135 Å². The van der Waals surface area contributed by atoms with Crippen molar-refractivity contribution in [2.75, 3.05) is 16.0 Å². The number of carbonyl (C=O) groups excluding carboxylic acids is 1. The lowest BCUT2D eigenvalue weighted by Crippen LogP contribution is -2.12. The summed E-state index contributed by atoms with van der Waals surface area (Å²) in [6, 6.07) is 20.0. The summed E-state index contributed by atoms with van der Waals surface area (Å²) >= 11 is 0. The summed E-state index contributed by atoms with van der Waals surface area (Å²) < 4.78 is 1.49. The van der Waals surface area contributed by atoms with Crippen LogP contribution < -0.4 is 16.0 Å². The minimum Gasteiger partial charge on any atom is -0.340 e. The molecule has 5 aromatic rings. The maximum atomic E-state index is 12.7. The van der Waals surface area contributed by atoms with Gasteiger partial charge in [-0.05, 0) is 77.5 Å². The SMILES string of the molecule is Cc1ccnc(Nc2cc(Nc3ccc(NC(=O)c4cccc(-n5cnnn5)c4)cc3)ncn2)c1. The third-order valence-electron chi connectivity index (χ3n) is 4.98. The summed E-state index contributed by atoms with van der Waals surface area (Å²) in [5.41, 5.74) is 3.75. The second-order valence-electron chi connectivity index (χ2n) is 7.59. The Balaban J connectivity index is 1.23. The largest absolute Gasteiger partial charge is 0.340 e. The Kier molecular flexibility index (Phi) is 6.03. The molecule has 0 saturated heterocycles. The summed E-state index contributed by atoms with van der Waals surface area (Å²) in [5.74, 6) is 1.70. The van der Waals surface area contributed by atoms with Gasteiger partial charge in [-0.1, -0.05) is 6.07 Å². The van der Waals surface area contributed by atoms with Crippen LogP contribution in [0.5, 0.6) is 0 Å². The lowest BCUT2D eigenvalue weighted by Gasteiger charge is -2.10. The fourth-order valence-electron chi connectivity index (χ4n) is 3.29. The van der Waals surface area contributed by atoms with Crippen molar-refractivity contribution in [3.8, 4) is 5.69 Å². The summed E-state index contributed by atoms with van der Waals surface area (Å²) in [4.78, 5) is 25.5. The molecule has 0 aliphatic heterocycles. The van der Waals surface area contributed by atoms with Crippen molar-refractivity contribution in [3.63, 3.8) is 0 Å².